The predicted molar refractivity (Wildman–Crippen MR) is 72.4 cm³/mol. The summed E-state index contributed by atoms with van der Waals surface area (Å²) >= 11 is 0. The van der Waals surface area contributed by atoms with E-state index in [0.717, 1.165) is 5.56 Å². The zero-order valence-electron chi connectivity index (χ0n) is 10.7. The summed E-state index contributed by atoms with van der Waals surface area (Å²) in [5.74, 6) is -0.0608. The van der Waals surface area contributed by atoms with E-state index in [0.29, 0.717) is 17.8 Å². The number of carbonyl (C=O) groups excluding carboxylic acids is 1. The smallest absolute Gasteiger partial charge is 0.237 e. The van der Waals surface area contributed by atoms with Crippen molar-refractivity contribution in [3.8, 4) is 12.1 Å². The highest BCUT2D eigenvalue weighted by atomic mass is 16.1. The van der Waals surface area contributed by atoms with Crippen LogP contribution in [0.25, 0.3) is 0 Å². The van der Waals surface area contributed by atoms with E-state index in [1.807, 2.05) is 6.92 Å². The number of anilines is 2. The number of benzene rings is 1. The maximum absolute atomic E-state index is 11.2. The number of amides is 1. The lowest BCUT2D eigenvalue weighted by Crippen LogP contribution is -2.09. The molecule has 0 radical (unpaired) electrons. The Bertz CT molecular complexity index is 576. The topological polar surface area (TPSA) is 101 Å². The summed E-state index contributed by atoms with van der Waals surface area (Å²) < 4.78 is 0. The van der Waals surface area contributed by atoms with Crippen molar-refractivity contribution in [2.45, 2.75) is 20.3 Å². The molecule has 0 unspecified atom stereocenters. The number of hydrogen-bond donors (Lipinski definition) is 2. The Hall–Kier alpha value is -2.86. The second-order valence-electron chi connectivity index (χ2n) is 3.73. The maximum Gasteiger partial charge on any atom is 0.237 e. The molecule has 0 saturated heterocycles. The van der Waals surface area contributed by atoms with Crippen LogP contribution in [0.1, 0.15) is 18.9 Å². The fourth-order valence-corrected chi connectivity index (χ4v) is 1.31. The highest BCUT2D eigenvalue weighted by molar-refractivity contribution is 6.10. The Kier molecular flexibility index (Phi) is 5.06. The van der Waals surface area contributed by atoms with E-state index < -0.39 is 0 Å². The third-order valence-electron chi connectivity index (χ3n) is 2.33. The van der Waals surface area contributed by atoms with Gasteiger partial charge in [-0.3, -0.25) is 10.2 Å². The monoisotopic (exact) mass is 255 g/mol. The van der Waals surface area contributed by atoms with Crippen LogP contribution in [0.5, 0.6) is 0 Å². The third-order valence-corrected chi connectivity index (χ3v) is 2.33. The zero-order valence-corrected chi connectivity index (χ0v) is 10.7. The van der Waals surface area contributed by atoms with Gasteiger partial charge in [0.05, 0.1) is 5.69 Å². The minimum atomic E-state index is -0.247. The van der Waals surface area contributed by atoms with Crippen LogP contribution in [-0.4, -0.2) is 11.6 Å². The van der Waals surface area contributed by atoms with Crippen LogP contribution in [0.4, 0.5) is 11.4 Å². The van der Waals surface area contributed by atoms with E-state index in [1.54, 1.807) is 37.3 Å². The van der Waals surface area contributed by atoms with Gasteiger partial charge < -0.3 is 5.32 Å². The highest BCUT2D eigenvalue weighted by Gasteiger charge is 2.03. The molecule has 6 nitrogen and oxygen atoms in total. The molecule has 0 aliphatic carbocycles. The SMILES string of the molecule is CCC(=O)Nc1ccc(NN=C(C#N)C#N)c(C)c1. The van der Waals surface area contributed by atoms with Crippen LogP contribution in [-0.2, 0) is 4.79 Å². The van der Waals surface area contributed by atoms with Crippen LogP contribution >= 0.6 is 0 Å². The van der Waals surface area contributed by atoms with Crippen LogP contribution in [0.3, 0.4) is 0 Å². The summed E-state index contributed by atoms with van der Waals surface area (Å²) in [4.78, 5) is 11.2. The third kappa shape index (κ3) is 4.14. The first-order valence-corrected chi connectivity index (χ1v) is 5.65. The van der Waals surface area contributed by atoms with Gasteiger partial charge in [0.25, 0.3) is 0 Å². The first-order chi connectivity index (χ1) is 9.10. The van der Waals surface area contributed by atoms with Crippen molar-refractivity contribution < 1.29 is 4.79 Å². The lowest BCUT2D eigenvalue weighted by Gasteiger charge is -2.08. The summed E-state index contributed by atoms with van der Waals surface area (Å²) in [7, 11) is 0. The van der Waals surface area contributed by atoms with Crippen molar-refractivity contribution in [3.63, 3.8) is 0 Å². The fourth-order valence-electron chi connectivity index (χ4n) is 1.31. The van der Waals surface area contributed by atoms with Gasteiger partial charge in [-0.15, -0.1) is 0 Å². The molecule has 96 valence electrons. The normalized spacial score (nSPS) is 8.84. The number of aryl methyl sites for hydroxylation is 1. The van der Waals surface area contributed by atoms with Gasteiger partial charge >= 0.3 is 0 Å². The van der Waals surface area contributed by atoms with Gasteiger partial charge in [0.2, 0.25) is 11.6 Å². The van der Waals surface area contributed by atoms with Crippen LogP contribution in [0.15, 0.2) is 23.3 Å². The highest BCUT2D eigenvalue weighted by Crippen LogP contribution is 2.19. The standard InChI is InChI=1S/C13H13N5O/c1-3-13(19)16-10-4-5-12(9(2)6-10)18-17-11(7-14)8-15/h4-6,18H,3H2,1-2H3,(H,16,19). The molecule has 0 aromatic heterocycles. The molecule has 0 atom stereocenters. The molecule has 0 bridgehead atoms. The minimum Gasteiger partial charge on any atom is -0.326 e. The number of carbonyl (C=O) groups is 1. The summed E-state index contributed by atoms with van der Waals surface area (Å²) in [6.07, 6.45) is 0.414. The quantitative estimate of drug-likeness (QED) is 0.635. The van der Waals surface area contributed by atoms with Gasteiger partial charge in [0, 0.05) is 12.1 Å². The van der Waals surface area contributed by atoms with Crippen LogP contribution in [0, 0.1) is 29.6 Å². The number of hydrazone groups is 1. The number of nitriles is 2. The molecule has 0 spiro atoms. The van der Waals surface area contributed by atoms with Crippen molar-refractivity contribution >= 4 is 23.0 Å². The van der Waals surface area contributed by atoms with Gasteiger partial charge in [-0.05, 0) is 30.7 Å². The summed E-state index contributed by atoms with van der Waals surface area (Å²) in [5, 5.41) is 23.5. The maximum atomic E-state index is 11.2. The summed E-state index contributed by atoms with van der Waals surface area (Å²) in [6.45, 7) is 3.61. The molecule has 1 rings (SSSR count). The zero-order chi connectivity index (χ0) is 14.3. The van der Waals surface area contributed by atoms with E-state index in [1.165, 1.54) is 0 Å². The molecule has 0 saturated carbocycles. The Morgan fingerprint density at radius 2 is 2.05 bits per heavy atom. The van der Waals surface area contributed by atoms with E-state index in [9.17, 15) is 4.79 Å². The number of nitrogens with one attached hydrogen (secondary N) is 2. The number of nitrogens with zero attached hydrogens (tertiary/aromatic N) is 3. The second-order valence-corrected chi connectivity index (χ2v) is 3.73. The first kappa shape index (κ1) is 14.2. The van der Waals surface area contributed by atoms with Crippen LogP contribution in [0.2, 0.25) is 0 Å². The Morgan fingerprint density at radius 3 is 2.58 bits per heavy atom. The van der Waals surface area contributed by atoms with Gasteiger partial charge in [-0.25, -0.2) is 0 Å². The molecular weight excluding hydrogens is 242 g/mol. The molecule has 1 aromatic rings. The molecule has 6 heteroatoms. The lowest BCUT2D eigenvalue weighted by atomic mass is 10.2. The average molecular weight is 255 g/mol. The number of rotatable bonds is 4. The lowest BCUT2D eigenvalue weighted by molar-refractivity contribution is -0.115. The fraction of sp³-hybridized carbons (Fsp3) is 0.231. The van der Waals surface area contributed by atoms with E-state index >= 15 is 0 Å². The Balaban J connectivity index is 2.84. The van der Waals surface area contributed by atoms with Crippen molar-refractivity contribution in [1.29, 1.82) is 10.5 Å². The molecule has 2 N–H and O–H groups in total. The molecule has 0 aliphatic heterocycles. The summed E-state index contributed by atoms with van der Waals surface area (Å²) in [5.41, 5.74) is 4.59. The molecule has 0 fully saturated rings. The molecule has 0 aliphatic rings. The minimum absolute atomic E-state index is 0.0608. The van der Waals surface area contributed by atoms with Crippen molar-refractivity contribution in [1.82, 2.24) is 0 Å². The summed E-state index contributed by atoms with van der Waals surface area (Å²) in [6, 6.07) is 8.53. The molecule has 1 amide bonds. The number of hydrogen-bond acceptors (Lipinski definition) is 5. The molecule has 19 heavy (non-hydrogen) atoms. The van der Waals surface area contributed by atoms with Gasteiger partial charge in [-0.2, -0.15) is 15.6 Å². The molecular formula is C13H13N5O. The van der Waals surface area contributed by atoms with Gasteiger partial charge in [-0.1, -0.05) is 6.92 Å². The van der Waals surface area contributed by atoms with E-state index in [4.69, 9.17) is 10.5 Å². The Morgan fingerprint density at radius 1 is 1.37 bits per heavy atom. The first-order valence-electron chi connectivity index (χ1n) is 5.65. The van der Waals surface area contributed by atoms with Crippen LogP contribution < -0.4 is 10.7 Å². The Labute approximate surface area is 111 Å². The second kappa shape index (κ2) is 6.77. The average Bonchev–Trinajstić information content (AvgIpc) is 2.41. The molecule has 1 aromatic carbocycles. The molecule has 0 heterocycles. The van der Waals surface area contributed by atoms with Gasteiger partial charge in [0.1, 0.15) is 12.1 Å². The van der Waals surface area contributed by atoms with E-state index in [-0.39, 0.29) is 11.6 Å². The largest absolute Gasteiger partial charge is 0.326 e. The van der Waals surface area contributed by atoms with Gasteiger partial charge in [0.15, 0.2) is 0 Å². The van der Waals surface area contributed by atoms with E-state index in [2.05, 4.69) is 15.8 Å². The van der Waals surface area contributed by atoms with Crippen molar-refractivity contribution in [2.75, 3.05) is 10.7 Å². The van der Waals surface area contributed by atoms with Crippen molar-refractivity contribution in [2.24, 2.45) is 5.10 Å². The van der Waals surface area contributed by atoms with Crippen molar-refractivity contribution in [3.05, 3.63) is 23.8 Å². The predicted octanol–water partition coefficient (Wildman–Crippen LogP) is 2.16.